The monoisotopic (exact) mass is 219 g/mol. The van der Waals surface area contributed by atoms with E-state index in [-0.39, 0.29) is 0 Å². The molecule has 0 N–H and O–H groups in total. The van der Waals surface area contributed by atoms with Gasteiger partial charge in [0.05, 0.1) is 0 Å². The number of hydrogen-bond donors (Lipinski definition) is 0. The molecule has 0 saturated carbocycles. The molecule has 0 aliphatic rings. The highest BCUT2D eigenvalue weighted by Crippen LogP contribution is 2.27. The van der Waals surface area contributed by atoms with Crippen LogP contribution in [-0.2, 0) is 6.42 Å². The Labute approximate surface area is 103 Å². The van der Waals surface area contributed by atoms with Gasteiger partial charge in [0.25, 0.3) is 0 Å². The van der Waals surface area contributed by atoms with Crippen LogP contribution in [0, 0.1) is 32.3 Å². The zero-order chi connectivity index (χ0) is 12.3. The van der Waals surface area contributed by atoms with Gasteiger partial charge in [-0.25, -0.2) is 0 Å². The minimum atomic E-state index is 0.653. The lowest BCUT2D eigenvalue weighted by molar-refractivity contribution is 1.28. The highest BCUT2D eigenvalue weighted by molar-refractivity contribution is 5.71. The van der Waals surface area contributed by atoms with Crippen molar-refractivity contribution in [2.45, 2.75) is 20.3 Å². The Bertz CT molecular complexity index is 571. The first-order valence-electron chi connectivity index (χ1n) is 5.73. The predicted octanol–water partition coefficient (Wildman–Crippen LogP) is 3.95. The van der Waals surface area contributed by atoms with Gasteiger partial charge in [0, 0.05) is 6.42 Å². The van der Waals surface area contributed by atoms with Gasteiger partial charge >= 0.3 is 0 Å². The molecule has 0 amide bonds. The maximum Gasteiger partial charge on any atom is 0.0344 e. The second-order valence-electron chi connectivity index (χ2n) is 4.25. The average Bonchev–Trinajstić information content (AvgIpc) is 2.32. The third kappa shape index (κ3) is 2.40. The summed E-state index contributed by atoms with van der Waals surface area (Å²) in [5, 5.41) is 0. The Balaban J connectivity index is 2.62. The van der Waals surface area contributed by atoms with Crippen LogP contribution < -0.4 is 0 Å². The Morgan fingerprint density at radius 1 is 1.18 bits per heavy atom. The molecule has 0 heteroatoms. The number of benzene rings is 2. The minimum absolute atomic E-state index is 0.653. The van der Waals surface area contributed by atoms with E-state index < -0.39 is 0 Å². The van der Waals surface area contributed by atoms with Crippen molar-refractivity contribution in [1.82, 2.24) is 0 Å². The van der Waals surface area contributed by atoms with Crippen molar-refractivity contribution in [2.75, 3.05) is 0 Å². The van der Waals surface area contributed by atoms with Gasteiger partial charge in [0.1, 0.15) is 0 Å². The van der Waals surface area contributed by atoms with Crippen LogP contribution in [0.2, 0.25) is 0 Å². The van der Waals surface area contributed by atoms with E-state index in [0.29, 0.717) is 6.42 Å². The van der Waals surface area contributed by atoms with Crippen molar-refractivity contribution in [3.8, 4) is 23.5 Å². The first-order valence-corrected chi connectivity index (χ1v) is 5.73. The van der Waals surface area contributed by atoms with Gasteiger partial charge in [-0.05, 0) is 53.8 Å². The summed E-state index contributed by atoms with van der Waals surface area (Å²) >= 11 is 0. The Hall–Kier alpha value is -2.00. The van der Waals surface area contributed by atoms with Crippen LogP contribution in [-0.4, -0.2) is 0 Å². The third-order valence-corrected chi connectivity index (χ3v) is 2.91. The van der Waals surface area contributed by atoms with E-state index in [4.69, 9.17) is 6.42 Å². The van der Waals surface area contributed by atoms with E-state index in [1.165, 1.54) is 22.3 Å². The summed E-state index contributed by atoms with van der Waals surface area (Å²) in [7, 11) is 0. The predicted molar refractivity (Wildman–Crippen MR) is 72.7 cm³/mol. The fourth-order valence-corrected chi connectivity index (χ4v) is 2.01. The largest absolute Gasteiger partial charge is 0.120 e. The van der Waals surface area contributed by atoms with E-state index >= 15 is 0 Å². The van der Waals surface area contributed by atoms with Crippen LogP contribution in [0.5, 0.6) is 0 Å². The molecular formula is C17H15. The molecule has 83 valence electrons. The van der Waals surface area contributed by atoms with Crippen LogP contribution in [0.25, 0.3) is 11.1 Å². The van der Waals surface area contributed by atoms with Crippen molar-refractivity contribution in [3.05, 3.63) is 59.2 Å². The third-order valence-electron chi connectivity index (χ3n) is 2.91. The molecule has 2 aromatic carbocycles. The normalized spacial score (nSPS) is 9.94. The minimum Gasteiger partial charge on any atom is -0.120 e. The summed E-state index contributed by atoms with van der Waals surface area (Å²) < 4.78 is 0. The maximum absolute atomic E-state index is 5.42. The van der Waals surface area contributed by atoms with Gasteiger partial charge in [0.2, 0.25) is 0 Å². The topological polar surface area (TPSA) is 0 Å². The molecule has 0 atom stereocenters. The van der Waals surface area contributed by atoms with Gasteiger partial charge in [-0.2, -0.15) is 0 Å². The first-order chi connectivity index (χ1) is 8.22. The molecule has 0 fully saturated rings. The van der Waals surface area contributed by atoms with Crippen LogP contribution in [0.15, 0.2) is 36.4 Å². The van der Waals surface area contributed by atoms with Gasteiger partial charge in [0.15, 0.2) is 0 Å². The number of hydrogen-bond acceptors (Lipinski definition) is 0. The zero-order valence-electron chi connectivity index (χ0n) is 10.2. The van der Waals surface area contributed by atoms with E-state index in [1.807, 2.05) is 6.07 Å². The van der Waals surface area contributed by atoms with Crippen molar-refractivity contribution >= 4 is 0 Å². The molecule has 0 aliphatic carbocycles. The van der Waals surface area contributed by atoms with Crippen molar-refractivity contribution in [1.29, 1.82) is 0 Å². The molecule has 0 saturated heterocycles. The molecule has 2 aromatic rings. The summed E-state index contributed by atoms with van der Waals surface area (Å²) in [5.74, 6) is 2.71. The Morgan fingerprint density at radius 2 is 1.94 bits per heavy atom. The zero-order valence-corrected chi connectivity index (χ0v) is 10.2. The molecule has 0 unspecified atom stereocenters. The molecule has 0 nitrogen and oxygen atoms in total. The van der Waals surface area contributed by atoms with Crippen molar-refractivity contribution in [2.24, 2.45) is 0 Å². The summed E-state index contributed by atoms with van der Waals surface area (Å²) in [5.41, 5.74) is 6.08. The molecule has 1 radical (unpaired) electrons. The van der Waals surface area contributed by atoms with Crippen molar-refractivity contribution in [3.63, 3.8) is 0 Å². The second kappa shape index (κ2) is 4.89. The maximum atomic E-state index is 5.42. The number of aryl methyl sites for hydroxylation is 2. The first kappa shape index (κ1) is 11.5. The molecular weight excluding hydrogens is 204 g/mol. The molecule has 17 heavy (non-hydrogen) atoms. The second-order valence-corrected chi connectivity index (χ2v) is 4.25. The Morgan fingerprint density at radius 3 is 2.65 bits per heavy atom. The molecule has 2 rings (SSSR count). The van der Waals surface area contributed by atoms with E-state index in [0.717, 1.165) is 5.56 Å². The standard InChI is InChI=1S/C17H15/c1-4-7-15-11-10-13(2)12-17(15)16-9-6-5-8-14(16)3/h1,5-6,8-9,11-12H,7H2,2-3H3. The summed E-state index contributed by atoms with van der Waals surface area (Å²) in [6.45, 7) is 4.18. The van der Waals surface area contributed by atoms with Crippen LogP contribution in [0.3, 0.4) is 0 Å². The fourth-order valence-electron chi connectivity index (χ4n) is 2.01. The quantitative estimate of drug-likeness (QED) is 0.671. The molecule has 0 aliphatic heterocycles. The lowest BCUT2D eigenvalue weighted by Crippen LogP contribution is -1.92. The molecule has 0 spiro atoms. The van der Waals surface area contributed by atoms with E-state index in [2.05, 4.69) is 56.2 Å². The Kier molecular flexibility index (Phi) is 3.30. The lowest BCUT2D eigenvalue weighted by atomic mass is 9.93. The number of rotatable bonds is 2. The van der Waals surface area contributed by atoms with Crippen LogP contribution in [0.1, 0.15) is 16.7 Å². The smallest absolute Gasteiger partial charge is 0.0344 e. The fraction of sp³-hybridized carbons (Fsp3) is 0.176. The summed E-state index contributed by atoms with van der Waals surface area (Å²) in [4.78, 5) is 0. The SMILES string of the molecule is C#CCc1c[c]c(C)cc1-c1ccccc1C. The van der Waals surface area contributed by atoms with Crippen molar-refractivity contribution < 1.29 is 0 Å². The van der Waals surface area contributed by atoms with E-state index in [1.54, 1.807) is 0 Å². The van der Waals surface area contributed by atoms with E-state index in [9.17, 15) is 0 Å². The molecule has 0 heterocycles. The van der Waals surface area contributed by atoms with Crippen LogP contribution in [0.4, 0.5) is 0 Å². The lowest BCUT2D eigenvalue weighted by Gasteiger charge is -2.11. The highest BCUT2D eigenvalue weighted by Gasteiger charge is 2.06. The van der Waals surface area contributed by atoms with Gasteiger partial charge in [-0.15, -0.1) is 12.3 Å². The molecule has 0 bridgehead atoms. The summed E-state index contributed by atoms with van der Waals surface area (Å²) in [6.07, 6.45) is 6.07. The van der Waals surface area contributed by atoms with Gasteiger partial charge < -0.3 is 0 Å². The highest BCUT2D eigenvalue weighted by atomic mass is 14.1. The molecule has 0 aromatic heterocycles. The average molecular weight is 219 g/mol. The van der Waals surface area contributed by atoms with Gasteiger partial charge in [-0.1, -0.05) is 30.3 Å². The van der Waals surface area contributed by atoms with Crippen LogP contribution >= 0.6 is 0 Å². The number of terminal acetylenes is 1. The van der Waals surface area contributed by atoms with Gasteiger partial charge in [-0.3, -0.25) is 0 Å². The summed E-state index contributed by atoms with van der Waals surface area (Å²) in [6, 6.07) is 15.8.